The van der Waals surface area contributed by atoms with E-state index in [-0.39, 0.29) is 17.2 Å². The molecule has 0 aliphatic carbocycles. The molecule has 2 aromatic heterocycles. The number of sulfone groups is 1. The molecule has 33 heavy (non-hydrogen) atoms. The van der Waals surface area contributed by atoms with Crippen molar-refractivity contribution in [2.75, 3.05) is 31.1 Å². The van der Waals surface area contributed by atoms with Crippen LogP contribution in [-0.2, 0) is 21.1 Å². The smallest absolute Gasteiger partial charge is 0.227 e. The molecular weight excluding hydrogens is 440 g/mol. The van der Waals surface area contributed by atoms with Gasteiger partial charge in [0.15, 0.2) is 21.5 Å². The van der Waals surface area contributed by atoms with Crippen LogP contribution in [0, 0.1) is 6.92 Å². The number of nitrogens with zero attached hydrogens (tertiary/aromatic N) is 6. The Morgan fingerprint density at radius 3 is 2.15 bits per heavy atom. The Bertz CT molecular complexity index is 1210. The number of carbonyl (C=O) groups excluding carboxylic acids is 1. The van der Waals surface area contributed by atoms with Crippen molar-refractivity contribution < 1.29 is 13.2 Å². The lowest BCUT2D eigenvalue weighted by atomic mass is 10.1. The van der Waals surface area contributed by atoms with Crippen LogP contribution >= 0.6 is 0 Å². The summed E-state index contributed by atoms with van der Waals surface area (Å²) in [5.74, 6) is 2.38. The Kier molecular flexibility index (Phi) is 6.46. The topological polar surface area (TPSA) is 101 Å². The first-order valence-electron chi connectivity index (χ1n) is 11.0. The maximum absolute atomic E-state index is 12.8. The molecule has 0 spiro atoms. The van der Waals surface area contributed by atoms with Gasteiger partial charge in [-0.2, -0.15) is 0 Å². The number of hydrogen-bond acceptors (Lipinski definition) is 7. The molecule has 0 radical (unpaired) electrons. The largest absolute Gasteiger partial charge is 0.352 e. The normalized spacial score (nSPS) is 14.7. The Hall–Kier alpha value is -3.27. The molecule has 1 aromatic carbocycles. The van der Waals surface area contributed by atoms with Crippen molar-refractivity contribution in [2.45, 2.75) is 37.3 Å². The quantitative estimate of drug-likeness (QED) is 0.546. The summed E-state index contributed by atoms with van der Waals surface area (Å²) in [5, 5.41) is 8.19. The molecule has 3 heterocycles. The second-order valence-corrected chi connectivity index (χ2v) is 10.9. The van der Waals surface area contributed by atoms with Crippen LogP contribution in [0.2, 0.25) is 0 Å². The maximum atomic E-state index is 12.8. The summed E-state index contributed by atoms with van der Waals surface area (Å²) < 4.78 is 26.4. The lowest BCUT2D eigenvalue weighted by Crippen LogP contribution is -2.49. The first kappa shape index (κ1) is 22.9. The lowest BCUT2D eigenvalue weighted by molar-refractivity contribution is -0.130. The van der Waals surface area contributed by atoms with E-state index in [2.05, 4.69) is 20.1 Å². The van der Waals surface area contributed by atoms with E-state index in [9.17, 15) is 13.2 Å². The highest BCUT2D eigenvalue weighted by atomic mass is 32.2. The third-order valence-electron chi connectivity index (χ3n) is 5.89. The van der Waals surface area contributed by atoms with Gasteiger partial charge in [0, 0.05) is 38.6 Å². The molecule has 4 rings (SSSR count). The van der Waals surface area contributed by atoms with Crippen molar-refractivity contribution >= 4 is 21.6 Å². The number of aromatic nitrogens is 4. The summed E-state index contributed by atoms with van der Waals surface area (Å²) in [6, 6.07) is 10.5. The van der Waals surface area contributed by atoms with Crippen molar-refractivity contribution in [3.63, 3.8) is 0 Å². The van der Waals surface area contributed by atoms with Gasteiger partial charge in [0.1, 0.15) is 5.82 Å². The van der Waals surface area contributed by atoms with E-state index in [1.54, 1.807) is 44.3 Å². The summed E-state index contributed by atoms with van der Waals surface area (Å²) in [6.45, 7) is 7.78. The summed E-state index contributed by atoms with van der Waals surface area (Å²) in [6.07, 6.45) is 3.82. The van der Waals surface area contributed by atoms with E-state index in [1.165, 1.54) is 0 Å². The number of aryl methyl sites for hydroxylation is 1. The predicted molar refractivity (Wildman–Crippen MR) is 125 cm³/mol. The van der Waals surface area contributed by atoms with Crippen LogP contribution in [0.5, 0.6) is 0 Å². The molecule has 0 bridgehead atoms. The van der Waals surface area contributed by atoms with Crippen molar-refractivity contribution in [2.24, 2.45) is 0 Å². The number of anilines is 1. The van der Waals surface area contributed by atoms with Gasteiger partial charge in [0.2, 0.25) is 5.91 Å². The number of piperazine rings is 1. The van der Waals surface area contributed by atoms with Crippen LogP contribution in [0.25, 0.3) is 5.82 Å². The van der Waals surface area contributed by atoms with Gasteiger partial charge < -0.3 is 9.80 Å². The molecule has 0 N–H and O–H groups in total. The van der Waals surface area contributed by atoms with Crippen molar-refractivity contribution in [1.82, 2.24) is 24.6 Å². The fraction of sp³-hybridized carbons (Fsp3) is 0.391. The zero-order chi connectivity index (χ0) is 23.6. The molecule has 0 saturated carbocycles. The molecule has 1 fully saturated rings. The standard InChI is InChI=1S/C23H28N6O3S/c1-17(2)33(31,32)20-6-4-19(5-7-20)16-23(30)28-14-12-27(13-15-28)21-8-9-22(26-25-21)29-11-10-24-18(29)3/h4-11,17H,12-16H2,1-3H3. The molecule has 9 nitrogen and oxygen atoms in total. The Labute approximate surface area is 194 Å². The molecule has 1 amide bonds. The SMILES string of the molecule is Cc1nccn1-c1ccc(N2CCN(C(=O)Cc3ccc(S(=O)(=O)C(C)C)cc3)CC2)nn1. The summed E-state index contributed by atoms with van der Waals surface area (Å²) in [5.41, 5.74) is 0.807. The van der Waals surface area contributed by atoms with Gasteiger partial charge in [0.05, 0.1) is 16.6 Å². The first-order chi connectivity index (χ1) is 15.8. The van der Waals surface area contributed by atoms with E-state index >= 15 is 0 Å². The molecule has 1 saturated heterocycles. The average Bonchev–Trinajstić information content (AvgIpc) is 3.25. The molecule has 10 heteroatoms. The Balaban J connectivity index is 1.32. The molecule has 1 aliphatic rings. The number of imidazole rings is 1. The lowest BCUT2D eigenvalue weighted by Gasteiger charge is -2.35. The third kappa shape index (κ3) is 4.90. The zero-order valence-electron chi connectivity index (χ0n) is 19.0. The van der Waals surface area contributed by atoms with Gasteiger partial charge in [-0.1, -0.05) is 12.1 Å². The van der Waals surface area contributed by atoms with E-state index in [4.69, 9.17) is 0 Å². The number of carbonyl (C=O) groups is 1. The summed E-state index contributed by atoms with van der Waals surface area (Å²) >= 11 is 0. The van der Waals surface area contributed by atoms with Crippen molar-refractivity contribution in [3.05, 3.63) is 60.2 Å². The maximum Gasteiger partial charge on any atom is 0.227 e. The van der Waals surface area contributed by atoms with Crippen molar-refractivity contribution in [1.29, 1.82) is 0 Å². The number of amides is 1. The molecule has 0 atom stereocenters. The molecule has 3 aromatic rings. The highest BCUT2D eigenvalue weighted by molar-refractivity contribution is 7.92. The highest BCUT2D eigenvalue weighted by Gasteiger charge is 2.23. The molecular formula is C23H28N6O3S. The minimum atomic E-state index is -3.31. The van der Waals surface area contributed by atoms with Crippen LogP contribution in [0.3, 0.4) is 0 Å². The summed E-state index contributed by atoms with van der Waals surface area (Å²) in [4.78, 5) is 21.2. The molecule has 0 unspecified atom stereocenters. The van der Waals surface area contributed by atoms with Crippen LogP contribution in [0.4, 0.5) is 5.82 Å². The van der Waals surface area contributed by atoms with E-state index < -0.39 is 15.1 Å². The number of benzene rings is 1. The van der Waals surface area contributed by atoms with Gasteiger partial charge in [0.25, 0.3) is 0 Å². The third-order valence-corrected chi connectivity index (χ3v) is 8.06. The van der Waals surface area contributed by atoms with Gasteiger partial charge in [-0.3, -0.25) is 9.36 Å². The Morgan fingerprint density at radius 1 is 0.970 bits per heavy atom. The Morgan fingerprint density at radius 2 is 1.61 bits per heavy atom. The predicted octanol–water partition coefficient (Wildman–Crippen LogP) is 2.04. The van der Waals surface area contributed by atoms with E-state index in [1.807, 2.05) is 34.7 Å². The first-order valence-corrected chi connectivity index (χ1v) is 12.5. The van der Waals surface area contributed by atoms with Gasteiger partial charge in [-0.25, -0.2) is 13.4 Å². The van der Waals surface area contributed by atoms with Crippen LogP contribution in [-0.4, -0.2) is 70.4 Å². The molecule has 1 aliphatic heterocycles. The highest BCUT2D eigenvalue weighted by Crippen LogP contribution is 2.18. The van der Waals surface area contributed by atoms with Gasteiger partial charge >= 0.3 is 0 Å². The monoisotopic (exact) mass is 468 g/mol. The zero-order valence-corrected chi connectivity index (χ0v) is 19.9. The second-order valence-electron chi connectivity index (χ2n) is 8.38. The van der Waals surface area contributed by atoms with Gasteiger partial charge in [-0.15, -0.1) is 10.2 Å². The van der Waals surface area contributed by atoms with Crippen LogP contribution in [0.1, 0.15) is 25.2 Å². The van der Waals surface area contributed by atoms with Crippen LogP contribution < -0.4 is 4.90 Å². The fourth-order valence-electron chi connectivity index (χ4n) is 3.78. The van der Waals surface area contributed by atoms with E-state index in [0.717, 1.165) is 23.0 Å². The minimum absolute atomic E-state index is 0.0335. The van der Waals surface area contributed by atoms with E-state index in [0.29, 0.717) is 26.2 Å². The van der Waals surface area contributed by atoms with Gasteiger partial charge in [-0.05, 0) is 50.6 Å². The fourth-order valence-corrected chi connectivity index (χ4v) is 4.84. The minimum Gasteiger partial charge on any atom is -0.352 e. The van der Waals surface area contributed by atoms with Crippen molar-refractivity contribution in [3.8, 4) is 5.82 Å². The second kappa shape index (κ2) is 9.30. The molecule has 174 valence electrons. The number of rotatable bonds is 6. The average molecular weight is 469 g/mol. The number of hydrogen-bond donors (Lipinski definition) is 0. The van der Waals surface area contributed by atoms with Crippen LogP contribution in [0.15, 0.2) is 53.7 Å². The summed E-state index contributed by atoms with van der Waals surface area (Å²) in [7, 11) is -3.31.